The Hall–Kier alpha value is -1.45. The second-order valence-electron chi connectivity index (χ2n) is 4.53. The fourth-order valence-corrected chi connectivity index (χ4v) is 2.39. The molecule has 0 saturated heterocycles. The van der Waals surface area contributed by atoms with Gasteiger partial charge in [0.1, 0.15) is 0 Å². The van der Waals surface area contributed by atoms with Crippen LogP contribution in [0.1, 0.15) is 27.0 Å². The minimum Gasteiger partial charge on any atom is -0.330 e. The first-order valence-corrected chi connectivity index (χ1v) is 7.01. The zero-order valence-electron chi connectivity index (χ0n) is 10.8. The Morgan fingerprint density at radius 1 is 1.21 bits per heavy atom. The molecule has 0 heterocycles. The zero-order chi connectivity index (χ0) is 13.8. The normalized spacial score (nSPS) is 10.5. The van der Waals surface area contributed by atoms with E-state index in [0.717, 1.165) is 27.6 Å². The van der Waals surface area contributed by atoms with Gasteiger partial charge < -0.3 is 5.73 Å². The SMILES string of the molecule is Cc1ccc(Br)cc1C(=O)c1cccc(CCN)c1. The summed E-state index contributed by atoms with van der Waals surface area (Å²) < 4.78 is 0.916. The second kappa shape index (κ2) is 6.13. The second-order valence-corrected chi connectivity index (χ2v) is 5.44. The van der Waals surface area contributed by atoms with E-state index in [1.165, 1.54) is 0 Å². The van der Waals surface area contributed by atoms with Gasteiger partial charge in [-0.2, -0.15) is 0 Å². The number of nitrogens with two attached hydrogens (primary N) is 1. The van der Waals surface area contributed by atoms with Crippen LogP contribution in [0.5, 0.6) is 0 Å². The lowest BCUT2D eigenvalue weighted by atomic mass is 9.97. The van der Waals surface area contributed by atoms with Crippen LogP contribution in [0.4, 0.5) is 0 Å². The summed E-state index contributed by atoms with van der Waals surface area (Å²) in [7, 11) is 0. The third-order valence-electron chi connectivity index (χ3n) is 3.07. The summed E-state index contributed by atoms with van der Waals surface area (Å²) in [5.41, 5.74) is 9.08. The molecule has 0 aromatic heterocycles. The number of carbonyl (C=O) groups is 1. The molecule has 0 unspecified atom stereocenters. The average Bonchev–Trinajstić information content (AvgIpc) is 2.41. The maximum absolute atomic E-state index is 12.5. The lowest BCUT2D eigenvalue weighted by molar-refractivity contribution is 0.103. The molecule has 3 heteroatoms. The molecule has 2 aromatic rings. The first-order valence-electron chi connectivity index (χ1n) is 6.21. The molecule has 19 heavy (non-hydrogen) atoms. The predicted octanol–water partition coefficient (Wildman–Crippen LogP) is 3.49. The monoisotopic (exact) mass is 317 g/mol. The summed E-state index contributed by atoms with van der Waals surface area (Å²) in [6, 6.07) is 13.4. The highest BCUT2D eigenvalue weighted by Gasteiger charge is 2.12. The highest BCUT2D eigenvalue weighted by atomic mass is 79.9. The van der Waals surface area contributed by atoms with Gasteiger partial charge in [-0.3, -0.25) is 4.79 Å². The van der Waals surface area contributed by atoms with E-state index in [9.17, 15) is 4.79 Å². The topological polar surface area (TPSA) is 43.1 Å². The third kappa shape index (κ3) is 3.31. The lowest BCUT2D eigenvalue weighted by Gasteiger charge is -2.07. The first-order chi connectivity index (χ1) is 9.11. The lowest BCUT2D eigenvalue weighted by Crippen LogP contribution is -2.06. The number of ketones is 1. The van der Waals surface area contributed by atoms with Crippen molar-refractivity contribution in [1.82, 2.24) is 0 Å². The molecule has 0 aliphatic rings. The van der Waals surface area contributed by atoms with E-state index < -0.39 is 0 Å². The number of aryl methyl sites for hydroxylation is 1. The largest absolute Gasteiger partial charge is 0.330 e. The van der Waals surface area contributed by atoms with E-state index in [4.69, 9.17) is 5.73 Å². The number of halogens is 1. The van der Waals surface area contributed by atoms with Crippen LogP contribution in [0.25, 0.3) is 0 Å². The van der Waals surface area contributed by atoms with Crippen molar-refractivity contribution in [2.24, 2.45) is 5.73 Å². The Labute approximate surface area is 121 Å². The molecule has 0 amide bonds. The molecule has 2 N–H and O–H groups in total. The number of carbonyl (C=O) groups excluding carboxylic acids is 1. The summed E-state index contributed by atoms with van der Waals surface area (Å²) in [6.45, 7) is 2.54. The van der Waals surface area contributed by atoms with Crippen LogP contribution in [0.15, 0.2) is 46.9 Å². The van der Waals surface area contributed by atoms with Gasteiger partial charge in [0.25, 0.3) is 0 Å². The molecule has 0 spiro atoms. The Morgan fingerprint density at radius 3 is 2.74 bits per heavy atom. The van der Waals surface area contributed by atoms with Crippen molar-refractivity contribution in [3.63, 3.8) is 0 Å². The molecule has 2 aromatic carbocycles. The molecule has 0 radical (unpaired) electrons. The molecule has 2 rings (SSSR count). The predicted molar refractivity (Wildman–Crippen MR) is 81.5 cm³/mol. The first kappa shape index (κ1) is 14.0. The Kier molecular flexibility index (Phi) is 4.51. The number of rotatable bonds is 4. The number of benzene rings is 2. The van der Waals surface area contributed by atoms with Crippen molar-refractivity contribution >= 4 is 21.7 Å². The van der Waals surface area contributed by atoms with Gasteiger partial charge in [0.05, 0.1) is 0 Å². The van der Waals surface area contributed by atoms with Crippen molar-refractivity contribution in [3.8, 4) is 0 Å². The zero-order valence-corrected chi connectivity index (χ0v) is 12.4. The van der Waals surface area contributed by atoms with Gasteiger partial charge >= 0.3 is 0 Å². The standard InChI is InChI=1S/C16H16BrNO/c1-11-5-6-14(17)10-15(11)16(19)13-4-2-3-12(9-13)7-8-18/h2-6,9-10H,7-8,18H2,1H3. The third-order valence-corrected chi connectivity index (χ3v) is 3.56. The van der Waals surface area contributed by atoms with Crippen LogP contribution < -0.4 is 5.73 Å². The summed E-state index contributed by atoms with van der Waals surface area (Å²) >= 11 is 3.41. The highest BCUT2D eigenvalue weighted by Crippen LogP contribution is 2.20. The summed E-state index contributed by atoms with van der Waals surface area (Å²) in [4.78, 5) is 12.5. The van der Waals surface area contributed by atoms with Gasteiger partial charge in [-0.15, -0.1) is 0 Å². The molecular formula is C16H16BrNO. The molecule has 0 bridgehead atoms. The van der Waals surface area contributed by atoms with Crippen LogP contribution in [-0.2, 0) is 6.42 Å². The smallest absolute Gasteiger partial charge is 0.193 e. The average molecular weight is 318 g/mol. The van der Waals surface area contributed by atoms with Crippen LogP contribution in [0.3, 0.4) is 0 Å². The summed E-state index contributed by atoms with van der Waals surface area (Å²) in [5.74, 6) is 0.0534. The van der Waals surface area contributed by atoms with Gasteiger partial charge in [0, 0.05) is 15.6 Å². The molecule has 0 atom stereocenters. The van der Waals surface area contributed by atoms with E-state index in [0.29, 0.717) is 12.1 Å². The van der Waals surface area contributed by atoms with Crippen molar-refractivity contribution < 1.29 is 4.79 Å². The highest BCUT2D eigenvalue weighted by molar-refractivity contribution is 9.10. The summed E-state index contributed by atoms with van der Waals surface area (Å²) in [5, 5.41) is 0. The summed E-state index contributed by atoms with van der Waals surface area (Å²) in [6.07, 6.45) is 0.790. The number of hydrogen-bond donors (Lipinski definition) is 1. The van der Waals surface area contributed by atoms with Gasteiger partial charge in [0.2, 0.25) is 0 Å². The van der Waals surface area contributed by atoms with Crippen LogP contribution >= 0.6 is 15.9 Å². The van der Waals surface area contributed by atoms with Crippen molar-refractivity contribution in [1.29, 1.82) is 0 Å². The van der Waals surface area contributed by atoms with E-state index in [2.05, 4.69) is 15.9 Å². The van der Waals surface area contributed by atoms with E-state index >= 15 is 0 Å². The van der Waals surface area contributed by atoms with Gasteiger partial charge in [-0.05, 0) is 49.2 Å². The fourth-order valence-electron chi connectivity index (χ4n) is 2.03. The van der Waals surface area contributed by atoms with Crippen LogP contribution in [-0.4, -0.2) is 12.3 Å². The quantitative estimate of drug-likeness (QED) is 0.877. The van der Waals surface area contributed by atoms with Crippen molar-refractivity contribution in [2.45, 2.75) is 13.3 Å². The Bertz CT molecular complexity index is 607. The minimum absolute atomic E-state index is 0.0534. The van der Waals surface area contributed by atoms with Gasteiger partial charge in [-0.25, -0.2) is 0 Å². The van der Waals surface area contributed by atoms with E-state index in [1.54, 1.807) is 0 Å². The molecule has 0 fully saturated rings. The maximum atomic E-state index is 12.5. The van der Waals surface area contributed by atoms with Gasteiger partial charge in [-0.1, -0.05) is 40.2 Å². The minimum atomic E-state index is 0.0534. The number of hydrogen-bond acceptors (Lipinski definition) is 2. The van der Waals surface area contributed by atoms with E-state index in [-0.39, 0.29) is 5.78 Å². The molecule has 0 aliphatic heterocycles. The molecule has 2 nitrogen and oxygen atoms in total. The molecule has 98 valence electrons. The van der Waals surface area contributed by atoms with Gasteiger partial charge in [0.15, 0.2) is 5.78 Å². The van der Waals surface area contributed by atoms with Crippen LogP contribution in [0, 0.1) is 6.92 Å². The van der Waals surface area contributed by atoms with Crippen molar-refractivity contribution in [2.75, 3.05) is 6.54 Å². The fraction of sp³-hybridized carbons (Fsp3) is 0.188. The van der Waals surface area contributed by atoms with Crippen molar-refractivity contribution in [3.05, 3.63) is 69.2 Å². The Morgan fingerprint density at radius 2 is 2.00 bits per heavy atom. The Balaban J connectivity index is 2.38. The molecular weight excluding hydrogens is 302 g/mol. The molecule has 0 saturated carbocycles. The van der Waals surface area contributed by atoms with E-state index in [1.807, 2.05) is 49.4 Å². The molecule has 0 aliphatic carbocycles. The van der Waals surface area contributed by atoms with Crippen LogP contribution in [0.2, 0.25) is 0 Å². The maximum Gasteiger partial charge on any atom is 0.193 e.